The van der Waals surface area contributed by atoms with E-state index in [2.05, 4.69) is 61.8 Å². The largest absolute Gasteiger partial charge is 0.301 e. The van der Waals surface area contributed by atoms with Crippen molar-refractivity contribution in [2.45, 2.75) is 78.7 Å². The van der Waals surface area contributed by atoms with Crippen LogP contribution in [0.2, 0.25) is 0 Å². The summed E-state index contributed by atoms with van der Waals surface area (Å²) in [5.74, 6) is 1.50. The van der Waals surface area contributed by atoms with Crippen LogP contribution in [-0.2, 0) is 6.54 Å². The molecule has 0 atom stereocenters. The van der Waals surface area contributed by atoms with E-state index in [0.29, 0.717) is 5.92 Å². The van der Waals surface area contributed by atoms with Gasteiger partial charge in [-0.15, -0.1) is 0 Å². The Morgan fingerprint density at radius 1 is 0.731 bits per heavy atom. The van der Waals surface area contributed by atoms with E-state index in [1.165, 1.54) is 82.4 Å². The molecule has 1 aromatic carbocycles. The van der Waals surface area contributed by atoms with Crippen LogP contribution >= 0.6 is 0 Å². The van der Waals surface area contributed by atoms with Gasteiger partial charge in [-0.05, 0) is 35.9 Å². The quantitative estimate of drug-likeness (QED) is 0.453. The van der Waals surface area contributed by atoms with Gasteiger partial charge in [0.1, 0.15) is 0 Å². The third-order valence-electron chi connectivity index (χ3n) is 5.77. The molecule has 0 saturated carbocycles. The van der Waals surface area contributed by atoms with Crippen molar-refractivity contribution in [3.63, 3.8) is 0 Å². The van der Waals surface area contributed by atoms with Crippen LogP contribution in [0, 0.1) is 5.92 Å². The van der Waals surface area contributed by atoms with Crippen LogP contribution in [0.25, 0.3) is 0 Å². The Morgan fingerprint density at radius 3 is 1.92 bits per heavy atom. The number of hydrogen-bond donors (Lipinski definition) is 0. The molecule has 0 N–H and O–H groups in total. The van der Waals surface area contributed by atoms with E-state index >= 15 is 0 Å². The first kappa shape index (κ1) is 21.4. The van der Waals surface area contributed by atoms with Crippen molar-refractivity contribution in [3.8, 4) is 0 Å². The van der Waals surface area contributed by atoms with Gasteiger partial charge in [-0.2, -0.15) is 0 Å². The lowest BCUT2D eigenvalue weighted by atomic mass is 10.0. The molecule has 1 aliphatic heterocycles. The van der Waals surface area contributed by atoms with Crippen LogP contribution in [0.5, 0.6) is 0 Å². The second-order valence-corrected chi connectivity index (χ2v) is 8.96. The van der Waals surface area contributed by atoms with E-state index in [1.54, 1.807) is 0 Å². The summed E-state index contributed by atoms with van der Waals surface area (Å²) < 4.78 is 0. The van der Waals surface area contributed by atoms with Gasteiger partial charge in [-0.3, -0.25) is 4.90 Å². The molecule has 0 aromatic heterocycles. The number of hydrogen-bond acceptors (Lipinski definition) is 2. The minimum Gasteiger partial charge on any atom is -0.301 e. The zero-order valence-electron chi connectivity index (χ0n) is 17.8. The highest BCUT2D eigenvalue weighted by atomic mass is 15.3. The van der Waals surface area contributed by atoms with Crippen LogP contribution in [0.1, 0.15) is 83.3 Å². The van der Waals surface area contributed by atoms with E-state index in [-0.39, 0.29) is 0 Å². The molecule has 1 fully saturated rings. The van der Waals surface area contributed by atoms with Crippen LogP contribution < -0.4 is 0 Å². The van der Waals surface area contributed by atoms with Crippen molar-refractivity contribution in [2.75, 3.05) is 32.7 Å². The molecule has 148 valence electrons. The molecule has 1 saturated heterocycles. The molecule has 0 radical (unpaired) electrons. The number of rotatable bonds is 11. The Hall–Kier alpha value is -0.860. The zero-order chi connectivity index (χ0) is 18.8. The molecule has 0 aliphatic carbocycles. The minimum atomic E-state index is 0.628. The van der Waals surface area contributed by atoms with Gasteiger partial charge in [0.25, 0.3) is 0 Å². The Morgan fingerprint density at radius 2 is 1.31 bits per heavy atom. The van der Waals surface area contributed by atoms with Gasteiger partial charge in [0.15, 0.2) is 0 Å². The SMILES string of the molecule is CC(C)CCCCCCCN1CCN(Cc2ccc(C(C)C)cc2)CC1. The summed E-state index contributed by atoms with van der Waals surface area (Å²) in [4.78, 5) is 5.29. The lowest BCUT2D eigenvalue weighted by Crippen LogP contribution is -2.46. The molecule has 0 bridgehead atoms. The molecule has 26 heavy (non-hydrogen) atoms. The van der Waals surface area contributed by atoms with Crippen LogP contribution in [-0.4, -0.2) is 42.5 Å². The maximum Gasteiger partial charge on any atom is 0.0234 e. The molecule has 0 amide bonds. The first-order valence-electron chi connectivity index (χ1n) is 11.1. The van der Waals surface area contributed by atoms with E-state index in [0.717, 1.165) is 12.5 Å². The van der Waals surface area contributed by atoms with E-state index in [4.69, 9.17) is 0 Å². The fraction of sp³-hybridized carbons (Fsp3) is 0.750. The summed E-state index contributed by atoms with van der Waals surface area (Å²) in [5, 5.41) is 0. The minimum absolute atomic E-state index is 0.628. The lowest BCUT2D eigenvalue weighted by Gasteiger charge is -2.34. The molecular formula is C24H42N2. The van der Waals surface area contributed by atoms with Crippen LogP contribution in [0.3, 0.4) is 0 Å². The van der Waals surface area contributed by atoms with E-state index in [1.807, 2.05) is 0 Å². The van der Waals surface area contributed by atoms with Crippen molar-refractivity contribution in [2.24, 2.45) is 5.92 Å². The number of unbranched alkanes of at least 4 members (excludes halogenated alkanes) is 4. The third-order valence-corrected chi connectivity index (χ3v) is 5.77. The molecule has 0 unspecified atom stereocenters. The monoisotopic (exact) mass is 358 g/mol. The highest BCUT2D eigenvalue weighted by molar-refractivity contribution is 5.24. The Bertz CT molecular complexity index is 469. The van der Waals surface area contributed by atoms with Crippen molar-refractivity contribution < 1.29 is 0 Å². The molecule has 2 rings (SSSR count). The topological polar surface area (TPSA) is 6.48 Å². The van der Waals surface area contributed by atoms with Gasteiger partial charge in [0.05, 0.1) is 0 Å². The van der Waals surface area contributed by atoms with Crippen molar-refractivity contribution in [3.05, 3.63) is 35.4 Å². The molecular weight excluding hydrogens is 316 g/mol. The predicted molar refractivity (Wildman–Crippen MR) is 115 cm³/mol. The number of benzene rings is 1. The van der Waals surface area contributed by atoms with Gasteiger partial charge in [0, 0.05) is 32.7 Å². The molecule has 1 aliphatic rings. The van der Waals surface area contributed by atoms with Crippen LogP contribution in [0.4, 0.5) is 0 Å². The van der Waals surface area contributed by atoms with Gasteiger partial charge < -0.3 is 4.90 Å². The third kappa shape index (κ3) is 8.22. The van der Waals surface area contributed by atoms with Gasteiger partial charge in [0.2, 0.25) is 0 Å². The van der Waals surface area contributed by atoms with Gasteiger partial charge in [-0.1, -0.05) is 84.1 Å². The predicted octanol–water partition coefficient (Wildman–Crippen LogP) is 5.92. The lowest BCUT2D eigenvalue weighted by molar-refractivity contribution is 0.125. The number of nitrogens with zero attached hydrogens (tertiary/aromatic N) is 2. The van der Waals surface area contributed by atoms with E-state index < -0.39 is 0 Å². The first-order valence-corrected chi connectivity index (χ1v) is 11.1. The summed E-state index contributed by atoms with van der Waals surface area (Å²) >= 11 is 0. The summed E-state index contributed by atoms with van der Waals surface area (Å²) in [5.41, 5.74) is 2.91. The molecule has 2 nitrogen and oxygen atoms in total. The normalized spacial score (nSPS) is 16.7. The second-order valence-electron chi connectivity index (χ2n) is 8.96. The molecule has 1 aromatic rings. The standard InChI is InChI=1S/C24H42N2/c1-21(2)10-8-6-5-7-9-15-25-16-18-26(19-17-25)20-23-11-13-24(14-12-23)22(3)4/h11-14,21-22H,5-10,15-20H2,1-4H3. The smallest absolute Gasteiger partial charge is 0.0234 e. The first-order chi connectivity index (χ1) is 12.5. The summed E-state index contributed by atoms with van der Waals surface area (Å²) in [6, 6.07) is 9.25. The summed E-state index contributed by atoms with van der Waals surface area (Å²) in [6.45, 7) is 16.6. The summed E-state index contributed by atoms with van der Waals surface area (Å²) in [7, 11) is 0. The van der Waals surface area contributed by atoms with Crippen molar-refractivity contribution in [1.29, 1.82) is 0 Å². The Balaban J connectivity index is 1.54. The average molecular weight is 359 g/mol. The summed E-state index contributed by atoms with van der Waals surface area (Å²) in [6.07, 6.45) is 8.50. The fourth-order valence-electron chi connectivity index (χ4n) is 3.86. The van der Waals surface area contributed by atoms with Gasteiger partial charge in [-0.25, -0.2) is 0 Å². The highest BCUT2D eigenvalue weighted by Crippen LogP contribution is 2.16. The van der Waals surface area contributed by atoms with Crippen molar-refractivity contribution in [1.82, 2.24) is 9.80 Å². The Kier molecular flexibility index (Phi) is 9.71. The maximum atomic E-state index is 2.67. The van der Waals surface area contributed by atoms with Gasteiger partial charge >= 0.3 is 0 Å². The molecule has 0 spiro atoms. The highest BCUT2D eigenvalue weighted by Gasteiger charge is 2.16. The van der Waals surface area contributed by atoms with E-state index in [9.17, 15) is 0 Å². The second kappa shape index (κ2) is 11.8. The average Bonchev–Trinajstić information content (AvgIpc) is 2.62. The Labute approximate surface area is 163 Å². The maximum absolute atomic E-state index is 2.67. The zero-order valence-corrected chi connectivity index (χ0v) is 17.8. The molecule has 1 heterocycles. The van der Waals surface area contributed by atoms with Crippen molar-refractivity contribution >= 4 is 0 Å². The fourth-order valence-corrected chi connectivity index (χ4v) is 3.86. The van der Waals surface area contributed by atoms with Crippen LogP contribution in [0.15, 0.2) is 24.3 Å². The number of piperazine rings is 1. The molecule has 2 heteroatoms.